The van der Waals surface area contributed by atoms with E-state index in [1.807, 2.05) is 0 Å². The van der Waals surface area contributed by atoms with Gasteiger partial charge in [0.25, 0.3) is 0 Å². The Morgan fingerprint density at radius 1 is 1.22 bits per heavy atom. The van der Waals surface area contributed by atoms with E-state index in [9.17, 15) is 0 Å². The molecule has 0 bridgehead atoms. The Labute approximate surface area is 120 Å². The molecule has 0 fully saturated rings. The van der Waals surface area contributed by atoms with Gasteiger partial charge in [0.15, 0.2) is 0 Å². The van der Waals surface area contributed by atoms with Gasteiger partial charge < -0.3 is 0 Å². The van der Waals surface area contributed by atoms with Crippen molar-refractivity contribution in [3.05, 3.63) is 50.9 Å². The normalized spacial score (nSPS) is 14.4. The molecule has 0 aromatic heterocycles. The molecule has 2 rings (SSSR count). The first-order valence-corrected chi connectivity index (χ1v) is 8.50. The standard InChI is InChI=1S/C9H13.C8H9.Ti/c1-2-3-6-9-7-4-5-8-9;1-7-5-3-4-6-8(7)2;/h4,7H,2-3,5-6H2,1H3;3-5H,1-2H3;. The van der Waals surface area contributed by atoms with Crippen molar-refractivity contribution in [2.24, 2.45) is 0 Å². The van der Waals surface area contributed by atoms with Crippen molar-refractivity contribution in [2.45, 2.75) is 46.5 Å². The second kappa shape index (κ2) is 6.54. The van der Waals surface area contributed by atoms with Gasteiger partial charge in [-0.3, -0.25) is 0 Å². The van der Waals surface area contributed by atoms with Crippen LogP contribution in [-0.4, -0.2) is 0 Å². The first-order chi connectivity index (χ1) is 8.72. The second-order valence-corrected chi connectivity index (χ2v) is 7.26. The molecule has 1 aromatic rings. The molecule has 0 amide bonds. The molecule has 1 heteroatoms. The summed E-state index contributed by atoms with van der Waals surface area (Å²) >= 11 is -0.105. The minimum absolute atomic E-state index is 0.105. The van der Waals surface area contributed by atoms with Crippen molar-refractivity contribution in [1.82, 2.24) is 0 Å². The quantitative estimate of drug-likeness (QED) is 0.697. The molecule has 1 aliphatic rings. The molecule has 0 spiro atoms. The van der Waals surface area contributed by atoms with Gasteiger partial charge in [0.05, 0.1) is 0 Å². The Hall–Kier alpha value is -0.586. The molecule has 0 saturated carbocycles. The van der Waals surface area contributed by atoms with Gasteiger partial charge in [-0.2, -0.15) is 0 Å². The van der Waals surface area contributed by atoms with E-state index in [2.05, 4.69) is 51.1 Å². The first kappa shape index (κ1) is 13.8. The van der Waals surface area contributed by atoms with E-state index in [-0.39, 0.29) is 19.2 Å². The molecule has 1 aliphatic carbocycles. The number of allylic oxidation sites excluding steroid dienone is 4. The van der Waals surface area contributed by atoms with Gasteiger partial charge >= 0.3 is 120 Å². The van der Waals surface area contributed by atoms with Gasteiger partial charge in [0.2, 0.25) is 0 Å². The molecule has 0 atom stereocenters. The number of unbranched alkanes of at least 4 members (excludes halogenated alkanes) is 1. The molecule has 0 heterocycles. The number of benzene rings is 1. The van der Waals surface area contributed by atoms with Crippen molar-refractivity contribution in [1.29, 1.82) is 0 Å². The third kappa shape index (κ3) is 3.25. The molecule has 94 valence electrons. The predicted octanol–water partition coefficient (Wildman–Crippen LogP) is 4.42. The zero-order valence-electron chi connectivity index (χ0n) is 11.7. The van der Waals surface area contributed by atoms with Crippen LogP contribution >= 0.6 is 0 Å². The zero-order valence-corrected chi connectivity index (χ0v) is 13.3. The van der Waals surface area contributed by atoms with Crippen LogP contribution in [0.15, 0.2) is 39.8 Å². The summed E-state index contributed by atoms with van der Waals surface area (Å²) in [5, 5.41) is 0. The van der Waals surface area contributed by atoms with Crippen LogP contribution in [0.1, 0.15) is 43.7 Å². The molecule has 0 aliphatic heterocycles. The van der Waals surface area contributed by atoms with Crippen LogP contribution in [0.4, 0.5) is 0 Å². The number of hydrogen-bond acceptors (Lipinski definition) is 0. The molecular formula is C17H22Ti. The molecule has 0 N–H and O–H groups in total. The number of aryl methyl sites for hydroxylation is 1. The monoisotopic (exact) mass is 274 g/mol. The molecular weight excluding hydrogens is 252 g/mol. The van der Waals surface area contributed by atoms with E-state index in [4.69, 9.17) is 0 Å². The van der Waals surface area contributed by atoms with Crippen LogP contribution in [0.2, 0.25) is 0 Å². The summed E-state index contributed by atoms with van der Waals surface area (Å²) in [5.74, 6) is 0. The number of hydrogen-bond donors (Lipinski definition) is 0. The summed E-state index contributed by atoms with van der Waals surface area (Å²) in [6.45, 7) is 6.78. The van der Waals surface area contributed by atoms with Gasteiger partial charge in [-0.15, -0.1) is 0 Å². The van der Waals surface area contributed by atoms with Crippen LogP contribution in [0.5, 0.6) is 0 Å². The number of rotatable bonds is 5. The first-order valence-electron chi connectivity index (χ1n) is 6.94. The van der Waals surface area contributed by atoms with E-state index in [0.717, 1.165) is 0 Å². The summed E-state index contributed by atoms with van der Waals surface area (Å²) in [4.78, 5) is 0. The third-order valence-electron chi connectivity index (χ3n) is 3.72. The average molecular weight is 274 g/mol. The summed E-state index contributed by atoms with van der Waals surface area (Å²) in [7, 11) is 0. The van der Waals surface area contributed by atoms with E-state index in [0.29, 0.717) is 0 Å². The van der Waals surface area contributed by atoms with E-state index < -0.39 is 0 Å². The van der Waals surface area contributed by atoms with Gasteiger partial charge in [-0.1, -0.05) is 0 Å². The maximum atomic E-state index is 2.37. The van der Waals surface area contributed by atoms with Crippen LogP contribution < -0.4 is 3.87 Å². The minimum atomic E-state index is -0.105. The topological polar surface area (TPSA) is 0 Å². The fourth-order valence-electron chi connectivity index (χ4n) is 2.33. The average Bonchev–Trinajstić information content (AvgIpc) is 2.80. The Kier molecular flexibility index (Phi) is 5.03. The van der Waals surface area contributed by atoms with Crippen LogP contribution in [-0.2, 0) is 19.2 Å². The van der Waals surface area contributed by atoms with Crippen molar-refractivity contribution >= 4 is 3.87 Å². The fourth-order valence-corrected chi connectivity index (χ4v) is 4.64. The van der Waals surface area contributed by atoms with Crippen LogP contribution in [0.25, 0.3) is 0 Å². The molecule has 0 nitrogen and oxygen atoms in total. The molecule has 0 unspecified atom stereocenters. The SMILES string of the molecule is CCCCC1=[C]([Ti][c]2cccc(C)c2C)CC=C1. The van der Waals surface area contributed by atoms with Crippen molar-refractivity contribution in [2.75, 3.05) is 0 Å². The summed E-state index contributed by atoms with van der Waals surface area (Å²) in [6, 6.07) is 6.78. The predicted molar refractivity (Wildman–Crippen MR) is 75.9 cm³/mol. The van der Waals surface area contributed by atoms with Gasteiger partial charge in [-0.05, 0) is 0 Å². The van der Waals surface area contributed by atoms with Crippen LogP contribution in [0, 0.1) is 13.8 Å². The second-order valence-electron chi connectivity index (χ2n) is 5.09. The Bertz CT molecular complexity index is 480. The van der Waals surface area contributed by atoms with Gasteiger partial charge in [0, 0.05) is 0 Å². The molecule has 0 saturated heterocycles. The molecule has 0 radical (unpaired) electrons. The van der Waals surface area contributed by atoms with E-state index in [1.54, 1.807) is 13.3 Å². The fraction of sp³-hybridized carbons (Fsp3) is 0.412. The van der Waals surface area contributed by atoms with Gasteiger partial charge in [-0.25, -0.2) is 0 Å². The van der Waals surface area contributed by atoms with Gasteiger partial charge in [0.1, 0.15) is 0 Å². The molecule has 1 aromatic carbocycles. The third-order valence-corrected chi connectivity index (χ3v) is 6.28. The summed E-state index contributed by atoms with van der Waals surface area (Å²) in [6.07, 6.45) is 9.87. The van der Waals surface area contributed by atoms with Crippen molar-refractivity contribution < 1.29 is 19.2 Å². The van der Waals surface area contributed by atoms with Crippen LogP contribution in [0.3, 0.4) is 0 Å². The maximum absolute atomic E-state index is 2.37. The van der Waals surface area contributed by atoms with E-state index >= 15 is 0 Å². The van der Waals surface area contributed by atoms with Crippen molar-refractivity contribution in [3.63, 3.8) is 0 Å². The zero-order chi connectivity index (χ0) is 13.0. The van der Waals surface area contributed by atoms with Crippen molar-refractivity contribution in [3.8, 4) is 0 Å². The molecule has 18 heavy (non-hydrogen) atoms. The summed E-state index contributed by atoms with van der Waals surface area (Å²) in [5.41, 5.74) is 4.61. The Morgan fingerprint density at radius 3 is 2.83 bits per heavy atom. The van der Waals surface area contributed by atoms with E-state index in [1.165, 1.54) is 36.8 Å². The Morgan fingerprint density at radius 2 is 2.06 bits per heavy atom. The Balaban J connectivity index is 2.15. The summed E-state index contributed by atoms with van der Waals surface area (Å²) < 4.78 is 3.39.